The first-order valence-electron chi connectivity index (χ1n) is 14.5. The molecule has 5 aromatic carbocycles. The van der Waals surface area contributed by atoms with Crippen LogP contribution in [0.2, 0.25) is 0 Å². The van der Waals surface area contributed by atoms with Crippen LogP contribution in [0, 0.1) is 32.4 Å². The zero-order valence-electron chi connectivity index (χ0n) is 24.9. The molecule has 0 unspecified atom stereocenters. The van der Waals surface area contributed by atoms with Crippen molar-refractivity contribution in [2.45, 2.75) is 6.92 Å². The van der Waals surface area contributed by atoms with Crippen molar-refractivity contribution in [2.24, 2.45) is 0 Å². The zero-order chi connectivity index (χ0) is 29.9. The maximum Gasteiger partial charge on any atom is 0.161 e. The first kappa shape index (κ1) is 30.1. The summed E-state index contributed by atoms with van der Waals surface area (Å²) in [6.07, 6.45) is 1.88. The second kappa shape index (κ2) is 13.3. The van der Waals surface area contributed by atoms with Gasteiger partial charge >= 0.3 is 0 Å². The first-order chi connectivity index (χ1) is 21.7. The van der Waals surface area contributed by atoms with E-state index in [-0.39, 0.29) is 20.1 Å². The number of rotatable bonds is 4. The van der Waals surface area contributed by atoms with E-state index in [9.17, 15) is 0 Å². The molecule has 0 N–H and O–H groups in total. The molecule has 225 valence electrons. The molecule has 0 saturated carbocycles. The molecule has 45 heavy (non-hydrogen) atoms. The second-order valence-electron chi connectivity index (χ2n) is 10.5. The molecule has 0 saturated heterocycles. The monoisotopic (exact) mass is 763 g/mol. The Morgan fingerprint density at radius 1 is 0.600 bits per heavy atom. The Labute approximate surface area is 278 Å². The van der Waals surface area contributed by atoms with Gasteiger partial charge in [-0.05, 0) is 43.8 Å². The van der Waals surface area contributed by atoms with Crippen LogP contribution in [0.4, 0.5) is 39.9 Å². The molecular formula is C38H30IrN6-4. The van der Waals surface area contributed by atoms with E-state index in [1.807, 2.05) is 90.4 Å². The maximum absolute atomic E-state index is 4.81. The van der Waals surface area contributed by atoms with Crippen LogP contribution in [0.1, 0.15) is 5.56 Å². The number of hydrogen-bond donors (Lipinski definition) is 0. The Bertz CT molecular complexity index is 1800. The minimum Gasteiger partial charge on any atom is -0.501 e. The van der Waals surface area contributed by atoms with E-state index in [2.05, 4.69) is 107 Å². The molecule has 8 rings (SSSR count). The quantitative estimate of drug-likeness (QED) is 0.167. The van der Waals surface area contributed by atoms with Crippen LogP contribution in [0.15, 0.2) is 134 Å². The van der Waals surface area contributed by atoms with Crippen LogP contribution < -0.4 is 19.6 Å². The van der Waals surface area contributed by atoms with E-state index < -0.39 is 0 Å². The van der Waals surface area contributed by atoms with E-state index >= 15 is 0 Å². The fourth-order valence-electron chi connectivity index (χ4n) is 5.38. The molecule has 7 heteroatoms. The Balaban J connectivity index is 0.000000156. The molecule has 6 nitrogen and oxygen atoms in total. The van der Waals surface area contributed by atoms with E-state index in [0.717, 1.165) is 40.0 Å². The largest absolute Gasteiger partial charge is 0.501 e. The second-order valence-corrected chi connectivity index (χ2v) is 10.5. The molecule has 6 aromatic rings. The Kier molecular flexibility index (Phi) is 8.92. The number of nitrogens with zero attached hydrogens (tertiary/aromatic N) is 6. The van der Waals surface area contributed by atoms with Crippen LogP contribution >= 0.6 is 0 Å². The predicted octanol–water partition coefficient (Wildman–Crippen LogP) is 8.85. The minimum absolute atomic E-state index is 0. The molecule has 2 aliphatic heterocycles. The Hall–Kier alpha value is -4.97. The summed E-state index contributed by atoms with van der Waals surface area (Å²) in [5.74, 6) is 1.62. The standard InChI is InChI=1S/C19H16N4.C19H14N2.Ir/c1-14-8-6-7-11-16(14)18-20-12-17-19(21-18)23(13-22(17)2)15-9-4-3-5-10-15;1-3-9-16(10-4-1)20-15-21(17-11-5-2-6-12-17)19-14-8-7-13-18(19)20;/h3-9,11-13H,1-2H3;1-11,13-15H;/q2*-2;. The van der Waals surface area contributed by atoms with Gasteiger partial charge in [0.05, 0.1) is 11.9 Å². The van der Waals surface area contributed by atoms with Crippen molar-refractivity contribution in [3.8, 4) is 11.4 Å². The van der Waals surface area contributed by atoms with Crippen LogP contribution in [-0.2, 0) is 20.1 Å². The number of para-hydroxylation sites is 5. The van der Waals surface area contributed by atoms with Gasteiger partial charge in [-0.25, -0.2) is 9.97 Å². The number of aryl methyl sites for hydroxylation is 1. The van der Waals surface area contributed by atoms with Crippen molar-refractivity contribution in [2.75, 3.05) is 26.6 Å². The van der Waals surface area contributed by atoms with Gasteiger partial charge in [0.15, 0.2) is 5.82 Å². The molecule has 0 fully saturated rings. The van der Waals surface area contributed by atoms with Crippen LogP contribution in [0.3, 0.4) is 0 Å². The average molecular weight is 763 g/mol. The molecule has 1 radical (unpaired) electrons. The molecule has 0 aliphatic carbocycles. The summed E-state index contributed by atoms with van der Waals surface area (Å²) >= 11 is 0. The number of anilines is 7. The number of aromatic nitrogens is 2. The maximum atomic E-state index is 4.81. The van der Waals surface area contributed by atoms with E-state index in [1.54, 1.807) is 0 Å². The van der Waals surface area contributed by atoms with Crippen LogP contribution in [-0.4, -0.2) is 17.0 Å². The number of benzene rings is 5. The van der Waals surface area contributed by atoms with Crippen LogP contribution in [0.25, 0.3) is 11.4 Å². The summed E-state index contributed by atoms with van der Waals surface area (Å²) in [6.45, 7) is 6.20. The SMILES string of the molecule is Cc1ccccc1-c1ncc2c(n1)N(c1[c-]cccc1)[CH-]N2C.[Ir].[c-]1ccccc1N1[CH-]N(c2ccccc2)c2ccccc21. The van der Waals surface area contributed by atoms with Gasteiger partial charge in [-0.2, -0.15) is 67.3 Å². The molecule has 2 aliphatic rings. The molecule has 0 amide bonds. The molecular weight excluding hydrogens is 733 g/mol. The molecule has 3 heterocycles. The first-order valence-corrected chi connectivity index (χ1v) is 14.5. The minimum atomic E-state index is 0. The van der Waals surface area contributed by atoms with Crippen molar-refractivity contribution >= 4 is 39.9 Å². The number of hydrogen-bond acceptors (Lipinski definition) is 6. The summed E-state index contributed by atoms with van der Waals surface area (Å²) in [5.41, 5.74) is 8.73. The summed E-state index contributed by atoms with van der Waals surface area (Å²) in [4.78, 5) is 17.8. The van der Waals surface area contributed by atoms with E-state index in [1.165, 1.54) is 16.9 Å². The summed E-state index contributed by atoms with van der Waals surface area (Å²) in [6, 6.07) is 49.4. The van der Waals surface area contributed by atoms with E-state index in [4.69, 9.17) is 4.98 Å². The topological polar surface area (TPSA) is 38.7 Å². The molecule has 0 atom stereocenters. The van der Waals surface area contributed by atoms with Gasteiger partial charge in [0.1, 0.15) is 5.82 Å². The molecule has 1 aromatic heterocycles. The fourth-order valence-corrected chi connectivity index (χ4v) is 5.38. The predicted molar refractivity (Wildman–Crippen MR) is 179 cm³/mol. The van der Waals surface area contributed by atoms with Gasteiger partial charge in [0.25, 0.3) is 0 Å². The van der Waals surface area contributed by atoms with Crippen molar-refractivity contribution < 1.29 is 20.1 Å². The Morgan fingerprint density at radius 2 is 1.20 bits per heavy atom. The van der Waals surface area contributed by atoms with Crippen LogP contribution in [0.5, 0.6) is 0 Å². The fraction of sp³-hybridized carbons (Fsp3) is 0.0526. The zero-order valence-corrected chi connectivity index (χ0v) is 27.3. The third-order valence-corrected chi connectivity index (χ3v) is 7.60. The molecule has 0 bridgehead atoms. The van der Waals surface area contributed by atoms with Gasteiger partial charge < -0.3 is 19.6 Å². The van der Waals surface area contributed by atoms with Gasteiger partial charge in [0.2, 0.25) is 0 Å². The third kappa shape index (κ3) is 6.05. The van der Waals surface area contributed by atoms with Crippen molar-refractivity contribution in [3.05, 3.63) is 165 Å². The van der Waals surface area contributed by atoms with E-state index in [0.29, 0.717) is 0 Å². The van der Waals surface area contributed by atoms with Crippen molar-refractivity contribution in [1.82, 2.24) is 9.97 Å². The van der Waals surface area contributed by atoms with Gasteiger partial charge in [0, 0.05) is 42.7 Å². The molecule has 0 spiro atoms. The van der Waals surface area contributed by atoms with Gasteiger partial charge in [-0.15, -0.1) is 18.0 Å². The average Bonchev–Trinajstić information content (AvgIpc) is 3.64. The normalized spacial score (nSPS) is 13.0. The Morgan fingerprint density at radius 3 is 1.87 bits per heavy atom. The van der Waals surface area contributed by atoms with Gasteiger partial charge in [-0.1, -0.05) is 54.6 Å². The number of fused-ring (bicyclic) bond motifs is 2. The smallest absolute Gasteiger partial charge is 0.161 e. The third-order valence-electron chi connectivity index (χ3n) is 7.60. The summed E-state index contributed by atoms with van der Waals surface area (Å²) in [7, 11) is 2.00. The summed E-state index contributed by atoms with van der Waals surface area (Å²) < 4.78 is 0. The van der Waals surface area contributed by atoms with Gasteiger partial charge in [-0.3, -0.25) is 0 Å². The van der Waals surface area contributed by atoms with Crippen molar-refractivity contribution in [1.29, 1.82) is 0 Å². The van der Waals surface area contributed by atoms with Crippen molar-refractivity contribution in [3.63, 3.8) is 0 Å². The summed E-state index contributed by atoms with van der Waals surface area (Å²) in [5, 5.41) is 0.